The lowest BCUT2D eigenvalue weighted by Gasteiger charge is -2.19. The van der Waals surface area contributed by atoms with Crippen LogP contribution in [0.5, 0.6) is 5.75 Å². The zero-order chi connectivity index (χ0) is 21.2. The third-order valence-electron chi connectivity index (χ3n) is 4.99. The number of aliphatic hydroxyl groups is 1. The highest BCUT2D eigenvalue weighted by molar-refractivity contribution is 7.14. The molecule has 0 amide bonds. The van der Waals surface area contributed by atoms with Crippen LogP contribution in [0.3, 0.4) is 0 Å². The summed E-state index contributed by atoms with van der Waals surface area (Å²) >= 11 is 3.07. The van der Waals surface area contributed by atoms with E-state index in [0.717, 1.165) is 27.6 Å². The fraction of sp³-hybridized carbons (Fsp3) is 0.0833. The summed E-state index contributed by atoms with van der Waals surface area (Å²) in [5, 5.41) is 23.9. The van der Waals surface area contributed by atoms with Crippen molar-refractivity contribution >= 4 is 39.8 Å². The summed E-state index contributed by atoms with van der Waals surface area (Å²) in [5.41, 5.74) is 3.31. The summed E-state index contributed by atoms with van der Waals surface area (Å²) in [7, 11) is 0. The summed E-state index contributed by atoms with van der Waals surface area (Å²) < 4.78 is 5.85. The van der Waals surface area contributed by atoms with Gasteiger partial charge < -0.3 is 14.7 Å². The molecule has 2 N–H and O–H groups in total. The molecule has 0 unspecified atom stereocenters. The Morgan fingerprint density at radius 2 is 1.81 bits per heavy atom. The Hall–Kier alpha value is -3.42. The van der Waals surface area contributed by atoms with Gasteiger partial charge in [-0.3, -0.25) is 5.41 Å². The van der Waals surface area contributed by atoms with Gasteiger partial charge >= 0.3 is 0 Å². The Morgan fingerprint density at radius 3 is 2.55 bits per heavy atom. The molecule has 2 aromatic carbocycles. The van der Waals surface area contributed by atoms with E-state index in [1.165, 1.54) is 11.3 Å². The second-order valence-corrected chi connectivity index (χ2v) is 8.85. The van der Waals surface area contributed by atoms with Crippen LogP contribution in [-0.2, 0) is 6.61 Å². The molecule has 0 saturated carbocycles. The van der Waals surface area contributed by atoms with Gasteiger partial charge in [0.2, 0.25) is 0 Å². The van der Waals surface area contributed by atoms with Crippen molar-refractivity contribution in [3.8, 4) is 16.3 Å². The molecule has 3 heterocycles. The summed E-state index contributed by atoms with van der Waals surface area (Å²) in [6.45, 7) is 0.759. The van der Waals surface area contributed by atoms with Gasteiger partial charge in [-0.05, 0) is 41.3 Å². The number of aliphatic hydroxyl groups excluding tert-OH is 1. The third kappa shape index (κ3) is 3.97. The molecule has 0 bridgehead atoms. The predicted molar refractivity (Wildman–Crippen MR) is 127 cm³/mol. The maximum absolute atomic E-state index is 10.6. The number of benzene rings is 2. The quantitative estimate of drug-likeness (QED) is 0.370. The smallest absolute Gasteiger partial charge is 0.139 e. The van der Waals surface area contributed by atoms with Crippen molar-refractivity contribution in [2.24, 2.45) is 0 Å². The lowest BCUT2D eigenvalue weighted by Crippen LogP contribution is -2.25. The minimum atomic E-state index is 0.168. The average molecular weight is 446 g/mol. The number of anilines is 1. The first-order valence-corrected chi connectivity index (χ1v) is 11.5. The van der Waals surface area contributed by atoms with Gasteiger partial charge in [-0.2, -0.15) is 0 Å². The maximum atomic E-state index is 10.6. The molecule has 7 heteroatoms. The first kappa shape index (κ1) is 19.5. The van der Waals surface area contributed by atoms with Gasteiger partial charge in [0.25, 0.3) is 0 Å². The highest BCUT2D eigenvalue weighted by Crippen LogP contribution is 2.35. The molecule has 5 rings (SSSR count). The van der Waals surface area contributed by atoms with Gasteiger partial charge in [-0.15, -0.1) is 22.7 Å². The number of amidine groups is 1. The van der Waals surface area contributed by atoms with Crippen LogP contribution >= 0.6 is 22.7 Å². The first-order valence-electron chi connectivity index (χ1n) is 9.74. The largest absolute Gasteiger partial charge is 0.510 e. The third-order valence-corrected chi connectivity index (χ3v) is 6.74. The monoisotopic (exact) mass is 445 g/mol. The van der Waals surface area contributed by atoms with Crippen LogP contribution in [0.2, 0.25) is 0 Å². The minimum Gasteiger partial charge on any atom is -0.510 e. The summed E-state index contributed by atoms with van der Waals surface area (Å²) in [4.78, 5) is 7.51. The minimum absolute atomic E-state index is 0.168. The Bertz CT molecular complexity index is 1230. The molecule has 0 radical (unpaired) electrons. The topological polar surface area (TPSA) is 69.4 Å². The highest BCUT2D eigenvalue weighted by atomic mass is 32.1. The Labute approximate surface area is 188 Å². The molecule has 0 fully saturated rings. The molecular weight excluding hydrogens is 426 g/mol. The van der Waals surface area contributed by atoms with Crippen molar-refractivity contribution in [3.63, 3.8) is 0 Å². The molecule has 1 aliphatic heterocycles. The SMILES string of the molecule is N=C1C(c2nc(-c3cccs3)cs2)=C(O)CN1c1ccc(OCc2ccccc2)cc1. The van der Waals surface area contributed by atoms with Gasteiger partial charge in [0, 0.05) is 11.1 Å². The number of nitrogens with one attached hydrogen (secondary N) is 1. The second kappa shape index (κ2) is 8.37. The van der Waals surface area contributed by atoms with Crippen molar-refractivity contribution in [3.05, 3.63) is 93.8 Å². The Morgan fingerprint density at radius 1 is 1.00 bits per heavy atom. The van der Waals surface area contributed by atoms with Crippen LogP contribution in [0, 0.1) is 5.41 Å². The molecule has 31 heavy (non-hydrogen) atoms. The zero-order valence-corrected chi connectivity index (χ0v) is 18.1. The van der Waals surface area contributed by atoms with Crippen LogP contribution in [0.25, 0.3) is 16.1 Å². The van der Waals surface area contributed by atoms with Crippen molar-refractivity contribution < 1.29 is 9.84 Å². The number of aromatic nitrogens is 1. The molecule has 154 valence electrons. The van der Waals surface area contributed by atoms with E-state index in [0.29, 0.717) is 17.2 Å². The van der Waals surface area contributed by atoms with E-state index in [4.69, 9.17) is 10.1 Å². The lowest BCUT2D eigenvalue weighted by atomic mass is 10.2. The molecule has 2 aromatic heterocycles. The molecule has 0 atom stereocenters. The van der Waals surface area contributed by atoms with E-state index >= 15 is 0 Å². The maximum Gasteiger partial charge on any atom is 0.139 e. The number of thiazole rings is 1. The number of rotatable bonds is 6. The Kier molecular flexibility index (Phi) is 5.28. The fourth-order valence-electron chi connectivity index (χ4n) is 3.41. The highest BCUT2D eigenvalue weighted by Gasteiger charge is 2.31. The van der Waals surface area contributed by atoms with E-state index in [2.05, 4.69) is 4.98 Å². The number of thiophene rings is 1. The van der Waals surface area contributed by atoms with E-state index in [1.807, 2.05) is 77.5 Å². The number of hydrogen-bond donors (Lipinski definition) is 2. The van der Waals surface area contributed by atoms with Gasteiger partial charge in [0.1, 0.15) is 29.0 Å². The summed E-state index contributed by atoms with van der Waals surface area (Å²) in [6.07, 6.45) is 0. The van der Waals surface area contributed by atoms with Gasteiger partial charge in [-0.25, -0.2) is 4.98 Å². The first-order chi connectivity index (χ1) is 15.2. The standard InChI is InChI=1S/C24H19N3O2S2/c25-23-22(24-26-19(15-31-24)21-7-4-12-30-21)20(28)13-27(23)17-8-10-18(11-9-17)29-14-16-5-2-1-3-6-16/h1-12,15,25,28H,13-14H2. The van der Waals surface area contributed by atoms with Crippen LogP contribution in [0.1, 0.15) is 10.6 Å². The van der Waals surface area contributed by atoms with E-state index in [1.54, 1.807) is 16.2 Å². The van der Waals surface area contributed by atoms with Gasteiger partial charge in [-0.1, -0.05) is 36.4 Å². The van der Waals surface area contributed by atoms with Crippen molar-refractivity contribution in [1.29, 1.82) is 5.41 Å². The van der Waals surface area contributed by atoms with Crippen molar-refractivity contribution in [2.45, 2.75) is 6.61 Å². The number of nitrogens with zero attached hydrogens (tertiary/aromatic N) is 2. The summed E-state index contributed by atoms with van der Waals surface area (Å²) in [5.74, 6) is 1.18. The second-order valence-electron chi connectivity index (χ2n) is 7.04. The molecule has 0 aliphatic carbocycles. The van der Waals surface area contributed by atoms with Gasteiger partial charge in [0.05, 0.1) is 22.7 Å². The van der Waals surface area contributed by atoms with Crippen LogP contribution in [0.15, 0.2) is 83.2 Å². The average Bonchev–Trinajstić information content (AvgIpc) is 3.54. The Balaban J connectivity index is 1.29. The number of ether oxygens (including phenoxy) is 1. The summed E-state index contributed by atoms with van der Waals surface area (Å²) in [6, 6.07) is 21.6. The van der Waals surface area contributed by atoms with E-state index in [-0.39, 0.29) is 18.1 Å². The number of hydrogen-bond acceptors (Lipinski definition) is 6. The molecule has 5 nitrogen and oxygen atoms in total. The molecule has 1 aliphatic rings. The van der Waals surface area contributed by atoms with E-state index in [9.17, 15) is 5.11 Å². The van der Waals surface area contributed by atoms with Crippen LogP contribution < -0.4 is 9.64 Å². The normalized spacial score (nSPS) is 13.8. The van der Waals surface area contributed by atoms with Crippen LogP contribution in [0.4, 0.5) is 5.69 Å². The molecule has 0 spiro atoms. The van der Waals surface area contributed by atoms with Gasteiger partial charge in [0.15, 0.2) is 0 Å². The van der Waals surface area contributed by atoms with Crippen molar-refractivity contribution in [1.82, 2.24) is 4.98 Å². The lowest BCUT2D eigenvalue weighted by molar-refractivity contribution is 0.306. The zero-order valence-electron chi connectivity index (χ0n) is 16.5. The predicted octanol–water partition coefficient (Wildman–Crippen LogP) is 6.22. The fourth-order valence-corrected chi connectivity index (χ4v) is 5.06. The van der Waals surface area contributed by atoms with Crippen LogP contribution in [-0.4, -0.2) is 22.5 Å². The van der Waals surface area contributed by atoms with E-state index < -0.39 is 0 Å². The molecule has 4 aromatic rings. The van der Waals surface area contributed by atoms with Crippen molar-refractivity contribution in [2.75, 3.05) is 11.4 Å². The molecule has 0 saturated heterocycles. The molecular formula is C24H19N3O2S2.